The van der Waals surface area contributed by atoms with Crippen molar-refractivity contribution in [2.75, 3.05) is 11.8 Å². The Hall–Kier alpha value is -2.42. The molecule has 2 aromatic carbocycles. The summed E-state index contributed by atoms with van der Waals surface area (Å²) in [5, 5.41) is 0. The lowest BCUT2D eigenvalue weighted by molar-refractivity contribution is -0.274. The average molecular weight is 347 g/mol. The number of hydrogen-bond acceptors (Lipinski definition) is 4. The minimum absolute atomic E-state index is 0.199. The first-order valence-corrected chi connectivity index (χ1v) is 7.71. The fourth-order valence-corrected chi connectivity index (χ4v) is 2.77. The molecule has 0 spiro atoms. The van der Waals surface area contributed by atoms with Gasteiger partial charge in [-0.15, -0.1) is 13.2 Å². The number of anilines is 1. The van der Waals surface area contributed by atoms with Gasteiger partial charge in [-0.1, -0.05) is 6.07 Å². The molecular formula is C14H12F3NO4S. The van der Waals surface area contributed by atoms with Gasteiger partial charge in [0.05, 0.1) is 17.7 Å². The van der Waals surface area contributed by atoms with Gasteiger partial charge in [0.2, 0.25) is 0 Å². The van der Waals surface area contributed by atoms with Crippen molar-refractivity contribution < 1.29 is 31.1 Å². The van der Waals surface area contributed by atoms with Crippen molar-refractivity contribution in [2.45, 2.75) is 11.3 Å². The summed E-state index contributed by atoms with van der Waals surface area (Å²) in [6.07, 6.45) is -4.83. The zero-order valence-corrected chi connectivity index (χ0v) is 12.6. The highest BCUT2D eigenvalue weighted by molar-refractivity contribution is 7.92. The molecule has 0 aliphatic carbocycles. The largest absolute Gasteiger partial charge is 0.573 e. The second-order valence-corrected chi connectivity index (χ2v) is 6.04. The van der Waals surface area contributed by atoms with E-state index in [4.69, 9.17) is 4.74 Å². The highest BCUT2D eigenvalue weighted by atomic mass is 32.2. The van der Waals surface area contributed by atoms with Gasteiger partial charge < -0.3 is 9.47 Å². The Kier molecular flexibility index (Phi) is 4.69. The molecule has 0 bridgehead atoms. The summed E-state index contributed by atoms with van der Waals surface area (Å²) >= 11 is 0. The van der Waals surface area contributed by atoms with Gasteiger partial charge in [-0.3, -0.25) is 4.72 Å². The second kappa shape index (κ2) is 6.37. The molecule has 2 aromatic rings. The van der Waals surface area contributed by atoms with E-state index >= 15 is 0 Å². The van der Waals surface area contributed by atoms with Crippen molar-refractivity contribution in [2.24, 2.45) is 0 Å². The van der Waals surface area contributed by atoms with Crippen LogP contribution in [0.3, 0.4) is 0 Å². The number of nitrogens with one attached hydrogen (secondary N) is 1. The van der Waals surface area contributed by atoms with Gasteiger partial charge in [-0.25, -0.2) is 8.42 Å². The van der Waals surface area contributed by atoms with E-state index in [0.717, 1.165) is 24.3 Å². The number of halogens is 3. The maximum atomic E-state index is 12.2. The van der Waals surface area contributed by atoms with Gasteiger partial charge in [0.25, 0.3) is 10.0 Å². The van der Waals surface area contributed by atoms with Crippen LogP contribution in [0, 0.1) is 0 Å². The van der Waals surface area contributed by atoms with E-state index in [0.29, 0.717) is 5.75 Å². The van der Waals surface area contributed by atoms with Crippen LogP contribution in [0.1, 0.15) is 0 Å². The molecule has 0 fully saturated rings. The van der Waals surface area contributed by atoms with Crippen molar-refractivity contribution in [1.82, 2.24) is 0 Å². The number of alkyl halides is 3. The van der Waals surface area contributed by atoms with E-state index < -0.39 is 22.1 Å². The van der Waals surface area contributed by atoms with Crippen molar-refractivity contribution in [3.8, 4) is 11.5 Å². The van der Waals surface area contributed by atoms with Crippen LogP contribution in [0.15, 0.2) is 53.4 Å². The molecule has 0 unspecified atom stereocenters. The van der Waals surface area contributed by atoms with E-state index in [1.165, 1.54) is 19.2 Å². The third-order valence-corrected chi connectivity index (χ3v) is 4.09. The monoisotopic (exact) mass is 347 g/mol. The number of ether oxygens (including phenoxy) is 2. The molecule has 9 heteroatoms. The SMILES string of the molecule is COc1cccc(NS(=O)(=O)c2ccc(OC(F)(F)F)cc2)c1. The Bertz CT molecular complexity index is 773. The Morgan fingerprint density at radius 1 is 1.00 bits per heavy atom. The molecule has 0 atom stereocenters. The summed E-state index contributed by atoms with van der Waals surface area (Å²) in [7, 11) is -2.50. The summed E-state index contributed by atoms with van der Waals surface area (Å²) in [4.78, 5) is -0.199. The Labute approximate surface area is 130 Å². The third kappa shape index (κ3) is 4.78. The number of hydrogen-bond donors (Lipinski definition) is 1. The number of rotatable bonds is 5. The Balaban J connectivity index is 2.19. The van der Waals surface area contributed by atoms with E-state index in [2.05, 4.69) is 9.46 Å². The molecule has 0 aliphatic heterocycles. The van der Waals surface area contributed by atoms with Gasteiger partial charge >= 0.3 is 6.36 Å². The van der Waals surface area contributed by atoms with Crippen LogP contribution < -0.4 is 14.2 Å². The van der Waals surface area contributed by atoms with Crippen LogP contribution in [0.5, 0.6) is 11.5 Å². The summed E-state index contributed by atoms with van der Waals surface area (Å²) in [6.45, 7) is 0. The summed E-state index contributed by atoms with van der Waals surface area (Å²) in [5.74, 6) is -0.0445. The third-order valence-electron chi connectivity index (χ3n) is 2.69. The molecule has 1 N–H and O–H groups in total. The first-order chi connectivity index (χ1) is 10.7. The van der Waals surface area contributed by atoms with Gasteiger partial charge in [0.1, 0.15) is 11.5 Å². The predicted molar refractivity (Wildman–Crippen MR) is 76.9 cm³/mol. The normalized spacial score (nSPS) is 11.8. The number of benzene rings is 2. The Morgan fingerprint density at radius 2 is 1.65 bits per heavy atom. The Morgan fingerprint density at radius 3 is 2.22 bits per heavy atom. The highest BCUT2D eigenvalue weighted by Gasteiger charge is 2.31. The van der Waals surface area contributed by atoms with E-state index in [1.807, 2.05) is 0 Å². The van der Waals surface area contributed by atoms with Gasteiger partial charge in [-0.05, 0) is 36.4 Å². The number of sulfonamides is 1. The standard InChI is InChI=1S/C14H12F3NO4S/c1-21-12-4-2-3-10(9-12)18-23(19,20)13-7-5-11(6-8-13)22-14(15,16)17/h2-9,18H,1H3. The van der Waals surface area contributed by atoms with Gasteiger partial charge in [0, 0.05) is 6.07 Å². The van der Waals surface area contributed by atoms with Crippen LogP contribution >= 0.6 is 0 Å². The zero-order chi connectivity index (χ0) is 17.1. The molecule has 0 saturated heterocycles. The van der Waals surface area contributed by atoms with Crippen LogP contribution in [-0.4, -0.2) is 21.9 Å². The smallest absolute Gasteiger partial charge is 0.497 e. The first kappa shape index (κ1) is 16.9. The highest BCUT2D eigenvalue weighted by Crippen LogP contribution is 2.25. The topological polar surface area (TPSA) is 64.6 Å². The first-order valence-electron chi connectivity index (χ1n) is 6.22. The lowest BCUT2D eigenvalue weighted by atomic mass is 10.3. The van der Waals surface area contributed by atoms with Crippen molar-refractivity contribution in [3.05, 3.63) is 48.5 Å². The molecule has 0 aliphatic rings. The minimum Gasteiger partial charge on any atom is -0.497 e. The maximum absolute atomic E-state index is 12.2. The lowest BCUT2D eigenvalue weighted by Crippen LogP contribution is -2.17. The van der Waals surface area contributed by atoms with Crippen LogP contribution in [0.25, 0.3) is 0 Å². The van der Waals surface area contributed by atoms with Crippen molar-refractivity contribution in [3.63, 3.8) is 0 Å². The summed E-state index contributed by atoms with van der Waals surface area (Å²) in [6, 6.07) is 10.1. The minimum atomic E-state index is -4.83. The molecule has 0 saturated carbocycles. The van der Waals surface area contributed by atoms with Crippen LogP contribution in [0.4, 0.5) is 18.9 Å². The molecule has 23 heavy (non-hydrogen) atoms. The molecule has 0 heterocycles. The molecule has 0 amide bonds. The van der Waals surface area contributed by atoms with E-state index in [-0.39, 0.29) is 10.6 Å². The van der Waals surface area contributed by atoms with Gasteiger partial charge in [-0.2, -0.15) is 0 Å². The average Bonchev–Trinajstić information content (AvgIpc) is 2.46. The van der Waals surface area contributed by atoms with Crippen molar-refractivity contribution in [1.29, 1.82) is 0 Å². The molecule has 124 valence electrons. The van der Waals surface area contributed by atoms with E-state index in [1.54, 1.807) is 12.1 Å². The summed E-state index contributed by atoms with van der Waals surface area (Å²) in [5.41, 5.74) is 0.264. The summed E-state index contributed by atoms with van der Waals surface area (Å²) < 4.78 is 71.5. The molecule has 0 aromatic heterocycles. The second-order valence-electron chi connectivity index (χ2n) is 4.36. The number of methoxy groups -OCH3 is 1. The van der Waals surface area contributed by atoms with E-state index in [9.17, 15) is 21.6 Å². The van der Waals surface area contributed by atoms with Crippen LogP contribution in [-0.2, 0) is 10.0 Å². The zero-order valence-electron chi connectivity index (χ0n) is 11.8. The fourth-order valence-electron chi connectivity index (χ4n) is 1.72. The molecular weight excluding hydrogens is 335 g/mol. The lowest BCUT2D eigenvalue weighted by Gasteiger charge is -2.11. The quantitative estimate of drug-likeness (QED) is 0.900. The molecule has 5 nitrogen and oxygen atoms in total. The van der Waals surface area contributed by atoms with Gasteiger partial charge in [0.15, 0.2) is 0 Å². The van der Waals surface area contributed by atoms with Crippen LogP contribution in [0.2, 0.25) is 0 Å². The fraction of sp³-hybridized carbons (Fsp3) is 0.143. The molecule has 2 rings (SSSR count). The predicted octanol–water partition coefficient (Wildman–Crippen LogP) is 3.39. The van der Waals surface area contributed by atoms with Crippen molar-refractivity contribution >= 4 is 15.7 Å². The maximum Gasteiger partial charge on any atom is 0.573 e. The molecule has 0 radical (unpaired) electrons.